The third kappa shape index (κ3) is 4.19. The first-order valence-electron chi connectivity index (χ1n) is 9.95. The second kappa shape index (κ2) is 8.64. The van der Waals surface area contributed by atoms with Gasteiger partial charge in [-0.1, -0.05) is 49.6 Å². The Hall–Kier alpha value is -3.24. The van der Waals surface area contributed by atoms with E-state index in [0.29, 0.717) is 24.0 Å². The zero-order chi connectivity index (χ0) is 21.0. The molecule has 3 aromatic rings. The fourth-order valence-electron chi connectivity index (χ4n) is 3.77. The molecule has 0 bridgehead atoms. The molecule has 1 heterocycles. The molecule has 0 unspecified atom stereocenters. The van der Waals surface area contributed by atoms with Crippen LogP contribution in [0.25, 0.3) is 20.8 Å². The smallest absolute Gasteiger partial charge is 0.339 e. The van der Waals surface area contributed by atoms with Crippen molar-refractivity contribution < 1.29 is 14.3 Å². The normalized spacial score (nSPS) is 15.3. The number of nitriles is 1. The summed E-state index contributed by atoms with van der Waals surface area (Å²) in [6.45, 7) is -0.420. The Balaban J connectivity index is 1.46. The fourth-order valence-corrected chi connectivity index (χ4v) is 4.77. The molecule has 0 atom stereocenters. The SMILES string of the molecule is N#CC1(NC(=O)COC(=O)c2ccccc2-c2nc3ccccc3s2)CCCCC1. The van der Waals surface area contributed by atoms with E-state index in [0.717, 1.165) is 34.5 Å². The van der Waals surface area contributed by atoms with Crippen LogP contribution >= 0.6 is 11.3 Å². The molecule has 7 heteroatoms. The summed E-state index contributed by atoms with van der Waals surface area (Å²) >= 11 is 1.50. The molecular formula is C23H21N3O3S. The van der Waals surface area contributed by atoms with Gasteiger partial charge in [-0.2, -0.15) is 5.26 Å². The average molecular weight is 420 g/mol. The van der Waals surface area contributed by atoms with E-state index in [1.54, 1.807) is 12.1 Å². The van der Waals surface area contributed by atoms with Crippen LogP contribution in [0, 0.1) is 11.3 Å². The van der Waals surface area contributed by atoms with E-state index in [4.69, 9.17) is 4.74 Å². The van der Waals surface area contributed by atoms with Crippen LogP contribution in [0.4, 0.5) is 0 Å². The highest BCUT2D eigenvalue weighted by molar-refractivity contribution is 7.21. The minimum atomic E-state index is -0.847. The molecular weight excluding hydrogens is 398 g/mol. The van der Waals surface area contributed by atoms with Crippen molar-refractivity contribution in [3.63, 3.8) is 0 Å². The highest BCUT2D eigenvalue weighted by Crippen LogP contribution is 2.32. The number of thiazole rings is 1. The van der Waals surface area contributed by atoms with E-state index < -0.39 is 24.0 Å². The lowest BCUT2D eigenvalue weighted by molar-refractivity contribution is -0.125. The molecule has 0 radical (unpaired) electrons. The number of carbonyl (C=O) groups is 2. The number of amides is 1. The van der Waals surface area contributed by atoms with Crippen LogP contribution in [0.15, 0.2) is 48.5 Å². The number of esters is 1. The van der Waals surface area contributed by atoms with E-state index in [1.807, 2.05) is 36.4 Å². The Morgan fingerprint density at radius 3 is 2.60 bits per heavy atom. The second-order valence-electron chi connectivity index (χ2n) is 7.41. The van der Waals surface area contributed by atoms with Gasteiger partial charge in [-0.05, 0) is 31.0 Å². The van der Waals surface area contributed by atoms with Gasteiger partial charge in [0.15, 0.2) is 6.61 Å². The van der Waals surface area contributed by atoms with Gasteiger partial charge in [-0.3, -0.25) is 4.79 Å². The van der Waals surface area contributed by atoms with Gasteiger partial charge in [-0.25, -0.2) is 9.78 Å². The average Bonchev–Trinajstić information content (AvgIpc) is 3.22. The molecule has 1 fully saturated rings. The molecule has 152 valence electrons. The van der Waals surface area contributed by atoms with Gasteiger partial charge in [0.2, 0.25) is 0 Å². The monoisotopic (exact) mass is 419 g/mol. The highest BCUT2D eigenvalue weighted by Gasteiger charge is 2.33. The zero-order valence-electron chi connectivity index (χ0n) is 16.4. The molecule has 1 N–H and O–H groups in total. The van der Waals surface area contributed by atoms with Gasteiger partial charge in [0.1, 0.15) is 10.5 Å². The summed E-state index contributed by atoms with van der Waals surface area (Å²) in [6, 6.07) is 17.1. The lowest BCUT2D eigenvalue weighted by Gasteiger charge is -2.31. The first-order chi connectivity index (χ1) is 14.6. The molecule has 1 aromatic heterocycles. The number of para-hydroxylation sites is 1. The molecule has 1 saturated carbocycles. The standard InChI is InChI=1S/C23H21N3O3S/c24-15-23(12-6-1-7-13-23)26-20(27)14-29-22(28)17-9-3-2-8-16(17)21-25-18-10-4-5-11-19(18)30-21/h2-5,8-11H,1,6-7,12-14H2,(H,26,27). The van der Waals surface area contributed by atoms with E-state index in [-0.39, 0.29) is 0 Å². The molecule has 0 aliphatic heterocycles. The van der Waals surface area contributed by atoms with E-state index >= 15 is 0 Å². The van der Waals surface area contributed by atoms with Gasteiger partial charge in [0.25, 0.3) is 5.91 Å². The number of ether oxygens (including phenoxy) is 1. The van der Waals surface area contributed by atoms with Crippen molar-refractivity contribution in [2.24, 2.45) is 0 Å². The molecule has 1 aliphatic rings. The number of benzene rings is 2. The molecule has 2 aromatic carbocycles. The zero-order valence-corrected chi connectivity index (χ0v) is 17.2. The Morgan fingerprint density at radius 2 is 1.83 bits per heavy atom. The first kappa shape index (κ1) is 20.0. The largest absolute Gasteiger partial charge is 0.452 e. The van der Waals surface area contributed by atoms with Crippen molar-refractivity contribution in [2.75, 3.05) is 6.61 Å². The van der Waals surface area contributed by atoms with Crippen molar-refractivity contribution in [1.29, 1.82) is 5.26 Å². The number of aromatic nitrogens is 1. The molecule has 1 aliphatic carbocycles. The number of nitrogens with one attached hydrogen (secondary N) is 1. The minimum Gasteiger partial charge on any atom is -0.452 e. The van der Waals surface area contributed by atoms with Crippen molar-refractivity contribution in [3.8, 4) is 16.6 Å². The fraction of sp³-hybridized carbons (Fsp3) is 0.304. The molecule has 0 spiro atoms. The summed E-state index contributed by atoms with van der Waals surface area (Å²) in [6.07, 6.45) is 4.14. The van der Waals surface area contributed by atoms with Crippen LogP contribution < -0.4 is 5.32 Å². The third-order valence-corrected chi connectivity index (χ3v) is 6.38. The van der Waals surface area contributed by atoms with Crippen LogP contribution in [0.5, 0.6) is 0 Å². The maximum absolute atomic E-state index is 12.7. The molecule has 4 rings (SSSR count). The van der Waals surface area contributed by atoms with Crippen LogP contribution in [-0.2, 0) is 9.53 Å². The van der Waals surface area contributed by atoms with E-state index in [1.165, 1.54) is 11.3 Å². The predicted octanol–water partition coefficient (Wildman–Crippen LogP) is 4.46. The van der Waals surface area contributed by atoms with Gasteiger partial charge in [0.05, 0.1) is 21.8 Å². The summed E-state index contributed by atoms with van der Waals surface area (Å²) < 4.78 is 6.31. The first-order valence-corrected chi connectivity index (χ1v) is 10.8. The van der Waals surface area contributed by atoms with Gasteiger partial charge in [-0.15, -0.1) is 11.3 Å². The number of fused-ring (bicyclic) bond motifs is 1. The lowest BCUT2D eigenvalue weighted by Crippen LogP contribution is -2.50. The summed E-state index contributed by atoms with van der Waals surface area (Å²) in [4.78, 5) is 29.7. The Kier molecular flexibility index (Phi) is 5.77. The highest BCUT2D eigenvalue weighted by atomic mass is 32.1. The Bertz CT molecular complexity index is 1090. The maximum atomic E-state index is 12.7. The van der Waals surface area contributed by atoms with Crippen molar-refractivity contribution >= 4 is 33.4 Å². The topological polar surface area (TPSA) is 92.1 Å². The summed E-state index contributed by atoms with van der Waals surface area (Å²) in [7, 11) is 0. The van der Waals surface area contributed by atoms with E-state index in [2.05, 4.69) is 16.4 Å². The Labute approximate surface area is 178 Å². The number of carbonyl (C=O) groups excluding carboxylic acids is 2. The summed E-state index contributed by atoms with van der Waals surface area (Å²) in [5.74, 6) is -1.04. The van der Waals surface area contributed by atoms with Crippen LogP contribution in [0.3, 0.4) is 0 Å². The second-order valence-corrected chi connectivity index (χ2v) is 8.44. The van der Waals surface area contributed by atoms with Crippen LogP contribution in [-0.4, -0.2) is 29.0 Å². The van der Waals surface area contributed by atoms with Gasteiger partial charge >= 0.3 is 5.97 Å². The van der Waals surface area contributed by atoms with Crippen LogP contribution in [0.2, 0.25) is 0 Å². The maximum Gasteiger partial charge on any atom is 0.339 e. The third-order valence-electron chi connectivity index (χ3n) is 5.31. The lowest BCUT2D eigenvalue weighted by atomic mass is 9.83. The molecule has 1 amide bonds. The molecule has 30 heavy (non-hydrogen) atoms. The molecule has 6 nitrogen and oxygen atoms in total. The Morgan fingerprint density at radius 1 is 1.10 bits per heavy atom. The van der Waals surface area contributed by atoms with Gasteiger partial charge in [0, 0.05) is 5.56 Å². The number of nitrogens with zero attached hydrogens (tertiary/aromatic N) is 2. The quantitative estimate of drug-likeness (QED) is 0.616. The summed E-state index contributed by atoms with van der Waals surface area (Å²) in [5.41, 5.74) is 1.05. The van der Waals surface area contributed by atoms with Crippen LogP contribution in [0.1, 0.15) is 42.5 Å². The van der Waals surface area contributed by atoms with Crippen molar-refractivity contribution in [3.05, 3.63) is 54.1 Å². The number of rotatable bonds is 5. The summed E-state index contributed by atoms with van der Waals surface area (Å²) in [5, 5.41) is 13.0. The predicted molar refractivity (Wildman–Crippen MR) is 115 cm³/mol. The van der Waals surface area contributed by atoms with Gasteiger partial charge < -0.3 is 10.1 Å². The molecule has 0 saturated heterocycles. The number of hydrogen-bond acceptors (Lipinski definition) is 6. The van der Waals surface area contributed by atoms with Crippen molar-refractivity contribution in [2.45, 2.75) is 37.6 Å². The van der Waals surface area contributed by atoms with E-state index in [9.17, 15) is 14.9 Å². The number of hydrogen-bond donors (Lipinski definition) is 1. The van der Waals surface area contributed by atoms with Crippen molar-refractivity contribution in [1.82, 2.24) is 10.3 Å². The minimum absolute atomic E-state index is 0.358.